The summed E-state index contributed by atoms with van der Waals surface area (Å²) in [6, 6.07) is -0.870. The number of aliphatic hydroxyl groups excluding tert-OH is 1. The van der Waals surface area contributed by atoms with E-state index in [1.54, 1.807) is 6.08 Å². The molecule has 0 spiro atoms. The van der Waals surface area contributed by atoms with Crippen LogP contribution in [0.1, 0.15) is 251 Å². The molecule has 65 heavy (non-hydrogen) atoms. The Morgan fingerprint density at radius 1 is 0.508 bits per heavy atom. The summed E-state index contributed by atoms with van der Waals surface area (Å²) in [6.45, 7) is 4.80. The fourth-order valence-electron chi connectivity index (χ4n) is 7.89. The molecule has 0 saturated heterocycles. The lowest BCUT2D eigenvalue weighted by Crippen LogP contribution is -2.45. The molecule has 0 aliphatic heterocycles. The third kappa shape index (κ3) is 50.2. The van der Waals surface area contributed by atoms with Crippen molar-refractivity contribution in [3.8, 4) is 0 Å². The molecule has 0 radical (unpaired) electrons. The van der Waals surface area contributed by atoms with Crippen LogP contribution in [-0.2, 0) is 18.4 Å². The van der Waals surface area contributed by atoms with Gasteiger partial charge in [-0.3, -0.25) is 13.8 Å². The van der Waals surface area contributed by atoms with Crippen molar-refractivity contribution in [1.29, 1.82) is 0 Å². The van der Waals surface area contributed by atoms with E-state index in [1.807, 2.05) is 27.2 Å². The van der Waals surface area contributed by atoms with Gasteiger partial charge in [-0.15, -0.1) is 0 Å². The second-order valence-corrected chi connectivity index (χ2v) is 21.4. The van der Waals surface area contributed by atoms with E-state index in [9.17, 15) is 19.4 Å². The lowest BCUT2D eigenvalue weighted by atomic mass is 10.0. The fraction of sp³-hybridized carbons (Fsp3) is 0.839. The van der Waals surface area contributed by atoms with Crippen LogP contribution >= 0.6 is 7.82 Å². The number of allylic oxidation sites excluding steroid dienone is 7. The van der Waals surface area contributed by atoms with Crippen molar-refractivity contribution >= 4 is 13.7 Å². The minimum atomic E-state index is -4.36. The zero-order chi connectivity index (χ0) is 47.8. The van der Waals surface area contributed by atoms with E-state index in [1.165, 1.54) is 186 Å². The summed E-state index contributed by atoms with van der Waals surface area (Å²) in [5.41, 5.74) is 0. The monoisotopic (exact) mass is 936 g/mol. The van der Waals surface area contributed by atoms with Crippen LogP contribution in [0, 0.1) is 0 Å². The molecule has 3 atom stereocenters. The molecule has 0 aliphatic rings. The standard InChI is InChI=1S/C56H107N2O6P/c1-6-8-10-12-14-16-18-20-22-24-26-27-28-29-30-31-32-34-36-38-40-42-44-46-48-50-56(60)57-54(53-64-65(61,62)63-52-51-58(3,4)5)55(59)49-47-45-43-41-39-37-35-33-25-23-21-19-17-15-13-11-9-7-2/h24-26,33,39,41,47,49,54-55,59H,6-23,27-32,34-38,40,42-46,48,50-53H2,1-5H3,(H-,57,60,61,62)/p+1/b26-24-,33-25+,41-39+,49-47+. The number of hydrogen-bond acceptors (Lipinski definition) is 5. The Hall–Kier alpha value is -1.54. The Bertz CT molecular complexity index is 1200. The van der Waals surface area contributed by atoms with Gasteiger partial charge in [-0.25, -0.2) is 4.57 Å². The van der Waals surface area contributed by atoms with E-state index in [-0.39, 0.29) is 19.1 Å². The number of rotatable bonds is 50. The number of phosphoric acid groups is 1. The molecule has 0 fully saturated rings. The van der Waals surface area contributed by atoms with Crippen molar-refractivity contribution in [2.75, 3.05) is 40.9 Å². The van der Waals surface area contributed by atoms with Crippen LogP contribution in [0.5, 0.6) is 0 Å². The SMILES string of the molecule is CCCCCCCCCC/C=C\CCCCCCCCCCCCCCCC(=O)NC(COP(=O)(O)OCC[N+](C)(C)C)C(O)/C=C/CC/C=C/CC/C=C/CCCCCCCCCC. The first-order chi connectivity index (χ1) is 31.5. The Morgan fingerprint density at radius 2 is 0.846 bits per heavy atom. The molecule has 3 N–H and O–H groups in total. The van der Waals surface area contributed by atoms with Crippen LogP contribution < -0.4 is 5.32 Å². The maximum absolute atomic E-state index is 13.0. The van der Waals surface area contributed by atoms with Crippen molar-refractivity contribution in [2.24, 2.45) is 0 Å². The van der Waals surface area contributed by atoms with Crippen molar-refractivity contribution in [2.45, 2.75) is 264 Å². The highest BCUT2D eigenvalue weighted by Crippen LogP contribution is 2.43. The van der Waals surface area contributed by atoms with E-state index in [4.69, 9.17) is 9.05 Å². The summed E-state index contributed by atoms with van der Waals surface area (Å²) in [5, 5.41) is 13.9. The number of amides is 1. The predicted molar refractivity (Wildman–Crippen MR) is 281 cm³/mol. The Kier molecular flexibility index (Phi) is 46.4. The van der Waals surface area contributed by atoms with Gasteiger partial charge in [0.2, 0.25) is 5.91 Å². The predicted octanol–water partition coefficient (Wildman–Crippen LogP) is 16.4. The minimum absolute atomic E-state index is 0.0534. The average Bonchev–Trinajstić information content (AvgIpc) is 3.26. The van der Waals surface area contributed by atoms with Gasteiger partial charge < -0.3 is 19.8 Å². The largest absolute Gasteiger partial charge is 0.472 e. The number of quaternary nitrogens is 1. The number of nitrogens with zero attached hydrogens (tertiary/aromatic N) is 1. The van der Waals surface area contributed by atoms with Crippen LogP contribution in [0.15, 0.2) is 48.6 Å². The molecule has 0 heterocycles. The van der Waals surface area contributed by atoms with Gasteiger partial charge in [0, 0.05) is 6.42 Å². The maximum atomic E-state index is 13.0. The van der Waals surface area contributed by atoms with Gasteiger partial charge in [0.25, 0.3) is 0 Å². The van der Waals surface area contributed by atoms with Crippen LogP contribution in [0.2, 0.25) is 0 Å². The lowest BCUT2D eigenvalue weighted by molar-refractivity contribution is -0.870. The molecule has 0 saturated carbocycles. The lowest BCUT2D eigenvalue weighted by Gasteiger charge is -2.25. The van der Waals surface area contributed by atoms with Crippen molar-refractivity contribution in [3.05, 3.63) is 48.6 Å². The topological polar surface area (TPSA) is 105 Å². The zero-order valence-electron chi connectivity index (χ0n) is 43.5. The molecule has 1 amide bonds. The highest BCUT2D eigenvalue weighted by atomic mass is 31.2. The summed E-state index contributed by atoms with van der Waals surface area (Å²) < 4.78 is 23.6. The molecule has 0 aromatic rings. The zero-order valence-corrected chi connectivity index (χ0v) is 44.4. The van der Waals surface area contributed by atoms with Gasteiger partial charge in [-0.05, 0) is 70.6 Å². The first-order valence-corrected chi connectivity index (χ1v) is 29.0. The Morgan fingerprint density at radius 3 is 1.23 bits per heavy atom. The summed E-state index contributed by atoms with van der Waals surface area (Å²) >= 11 is 0. The third-order valence-electron chi connectivity index (χ3n) is 12.2. The summed E-state index contributed by atoms with van der Waals surface area (Å²) in [7, 11) is 1.55. The third-order valence-corrected chi connectivity index (χ3v) is 13.2. The molecule has 3 unspecified atom stereocenters. The van der Waals surface area contributed by atoms with Crippen LogP contribution in [0.3, 0.4) is 0 Å². The molecule has 0 aromatic heterocycles. The molecule has 382 valence electrons. The van der Waals surface area contributed by atoms with Crippen LogP contribution in [-0.4, -0.2) is 73.4 Å². The molecule has 9 heteroatoms. The van der Waals surface area contributed by atoms with Crippen molar-refractivity contribution < 1.29 is 32.9 Å². The number of carbonyl (C=O) groups is 1. The minimum Gasteiger partial charge on any atom is -0.387 e. The highest BCUT2D eigenvalue weighted by molar-refractivity contribution is 7.47. The Labute approximate surface area is 403 Å². The van der Waals surface area contributed by atoms with Gasteiger partial charge in [0.1, 0.15) is 13.2 Å². The molecule has 0 rings (SSSR count). The van der Waals surface area contributed by atoms with Crippen LogP contribution in [0.4, 0.5) is 0 Å². The summed E-state index contributed by atoms with van der Waals surface area (Å²) in [5.74, 6) is -0.190. The normalized spacial score (nSPS) is 14.4. The molecular weight excluding hydrogens is 828 g/mol. The smallest absolute Gasteiger partial charge is 0.387 e. The van der Waals surface area contributed by atoms with Gasteiger partial charge in [0.15, 0.2) is 0 Å². The number of aliphatic hydroxyl groups is 1. The second kappa shape index (κ2) is 47.5. The van der Waals surface area contributed by atoms with Gasteiger partial charge >= 0.3 is 7.82 Å². The molecule has 0 bridgehead atoms. The van der Waals surface area contributed by atoms with E-state index in [0.717, 1.165) is 44.9 Å². The van der Waals surface area contributed by atoms with E-state index >= 15 is 0 Å². The maximum Gasteiger partial charge on any atom is 0.472 e. The molecule has 8 nitrogen and oxygen atoms in total. The van der Waals surface area contributed by atoms with Crippen molar-refractivity contribution in [3.63, 3.8) is 0 Å². The van der Waals surface area contributed by atoms with Gasteiger partial charge in [-0.1, -0.05) is 223 Å². The quantitative estimate of drug-likeness (QED) is 0.0243. The number of phosphoric ester groups is 1. The van der Waals surface area contributed by atoms with Crippen LogP contribution in [0.25, 0.3) is 0 Å². The van der Waals surface area contributed by atoms with E-state index < -0.39 is 20.0 Å². The number of likely N-dealkylation sites (N-methyl/N-ethyl adjacent to an activating group) is 1. The van der Waals surface area contributed by atoms with Gasteiger partial charge in [-0.2, -0.15) is 0 Å². The first-order valence-electron chi connectivity index (χ1n) is 27.5. The highest BCUT2D eigenvalue weighted by Gasteiger charge is 2.27. The summed E-state index contributed by atoms with van der Waals surface area (Å²) in [6.07, 6.45) is 62.1. The number of hydrogen-bond donors (Lipinski definition) is 3. The number of carbonyl (C=O) groups excluding carboxylic acids is 1. The Balaban J connectivity index is 4.27. The average molecular weight is 936 g/mol. The molecule has 0 aromatic carbocycles. The van der Waals surface area contributed by atoms with E-state index in [2.05, 4.69) is 55.6 Å². The number of unbranched alkanes of at least 4 members (excludes halogenated alkanes) is 31. The number of nitrogens with one attached hydrogen (secondary N) is 1. The first kappa shape index (κ1) is 63.5. The van der Waals surface area contributed by atoms with Gasteiger partial charge in [0.05, 0.1) is 39.9 Å². The molecule has 0 aliphatic carbocycles. The second-order valence-electron chi connectivity index (χ2n) is 19.9. The summed E-state index contributed by atoms with van der Waals surface area (Å²) in [4.78, 5) is 23.3. The molecular formula is C56H108N2O6P+. The van der Waals surface area contributed by atoms with Crippen molar-refractivity contribution in [1.82, 2.24) is 5.32 Å². The van der Waals surface area contributed by atoms with E-state index in [0.29, 0.717) is 17.4 Å². The fourth-order valence-corrected chi connectivity index (χ4v) is 8.63.